The van der Waals surface area contributed by atoms with E-state index in [2.05, 4.69) is 5.32 Å². The number of halogens is 2. The summed E-state index contributed by atoms with van der Waals surface area (Å²) in [5.74, 6) is 1.03. The van der Waals surface area contributed by atoms with Crippen LogP contribution < -0.4 is 14.8 Å². The van der Waals surface area contributed by atoms with Crippen LogP contribution in [0.1, 0.15) is 10.4 Å². The van der Waals surface area contributed by atoms with Gasteiger partial charge in [0.2, 0.25) is 0 Å². The number of anilines is 1. The van der Waals surface area contributed by atoms with Crippen LogP contribution in [0.25, 0.3) is 22.2 Å². The molecule has 2 heterocycles. The number of hydrogen-bond acceptors (Lipinski definition) is 4. The lowest BCUT2D eigenvalue weighted by atomic mass is 10.0. The van der Waals surface area contributed by atoms with Gasteiger partial charge in [0.25, 0.3) is 5.91 Å². The maximum atomic E-state index is 13.2. The standard InChI is InChI=1S/C24H16Cl2N2O3/c25-18-7-5-14(11-19(18)26)21-13-17(16-3-1-2-4-20(16)28-21)24(29)27-15-6-8-22-23(12-15)31-10-9-30-22/h1-8,11-13H,9-10H2,(H,27,29). The molecule has 0 radical (unpaired) electrons. The van der Waals surface area contributed by atoms with Crippen LogP contribution in [0.15, 0.2) is 66.7 Å². The summed E-state index contributed by atoms with van der Waals surface area (Å²) in [6.45, 7) is 0.992. The Bertz CT molecular complexity index is 1320. The van der Waals surface area contributed by atoms with E-state index in [0.29, 0.717) is 57.2 Å². The van der Waals surface area contributed by atoms with Crippen LogP contribution in [-0.4, -0.2) is 24.1 Å². The van der Waals surface area contributed by atoms with E-state index in [9.17, 15) is 4.79 Å². The summed E-state index contributed by atoms with van der Waals surface area (Å²) in [6.07, 6.45) is 0. The number of nitrogens with one attached hydrogen (secondary N) is 1. The zero-order valence-corrected chi connectivity index (χ0v) is 17.7. The molecule has 0 saturated carbocycles. The number of aromatic nitrogens is 1. The van der Waals surface area contributed by atoms with Crippen molar-refractivity contribution >= 4 is 45.7 Å². The van der Waals surface area contributed by atoms with Gasteiger partial charge in [0, 0.05) is 22.7 Å². The van der Waals surface area contributed by atoms with Crippen molar-refractivity contribution in [3.8, 4) is 22.8 Å². The lowest BCUT2D eigenvalue weighted by Crippen LogP contribution is -2.16. The zero-order chi connectivity index (χ0) is 21.4. The molecule has 0 fully saturated rings. The largest absolute Gasteiger partial charge is 0.486 e. The summed E-state index contributed by atoms with van der Waals surface area (Å²) in [5, 5.41) is 4.59. The topological polar surface area (TPSA) is 60.5 Å². The van der Waals surface area contributed by atoms with Crippen molar-refractivity contribution in [1.29, 1.82) is 0 Å². The summed E-state index contributed by atoms with van der Waals surface area (Å²) in [5.41, 5.74) is 3.23. The molecule has 5 rings (SSSR count). The van der Waals surface area contributed by atoms with Gasteiger partial charge >= 0.3 is 0 Å². The lowest BCUT2D eigenvalue weighted by molar-refractivity contribution is 0.102. The molecular formula is C24H16Cl2N2O3. The Balaban J connectivity index is 1.55. The molecule has 3 aromatic carbocycles. The molecule has 1 aliphatic rings. The molecule has 4 aromatic rings. The Kier molecular flexibility index (Phi) is 5.14. The van der Waals surface area contributed by atoms with E-state index < -0.39 is 0 Å². The predicted octanol–water partition coefficient (Wildman–Crippen LogP) is 6.23. The molecule has 0 unspecified atom stereocenters. The van der Waals surface area contributed by atoms with Gasteiger partial charge in [0.15, 0.2) is 11.5 Å². The van der Waals surface area contributed by atoms with Gasteiger partial charge in [-0.3, -0.25) is 4.79 Å². The van der Waals surface area contributed by atoms with Gasteiger partial charge < -0.3 is 14.8 Å². The minimum Gasteiger partial charge on any atom is -0.486 e. The third kappa shape index (κ3) is 3.90. The molecular weight excluding hydrogens is 435 g/mol. The van der Waals surface area contributed by atoms with E-state index in [4.69, 9.17) is 37.7 Å². The molecule has 1 N–H and O–H groups in total. The second kappa shape index (κ2) is 8.10. The maximum Gasteiger partial charge on any atom is 0.256 e. The zero-order valence-electron chi connectivity index (χ0n) is 16.2. The van der Waals surface area contributed by atoms with Gasteiger partial charge in [-0.15, -0.1) is 0 Å². The number of nitrogens with zero attached hydrogens (tertiary/aromatic N) is 1. The number of para-hydroxylation sites is 1. The Morgan fingerprint density at radius 2 is 1.68 bits per heavy atom. The number of rotatable bonds is 3. The fourth-order valence-corrected chi connectivity index (χ4v) is 3.78. The van der Waals surface area contributed by atoms with E-state index in [-0.39, 0.29) is 5.91 Å². The molecule has 0 spiro atoms. The maximum absolute atomic E-state index is 13.2. The summed E-state index contributed by atoms with van der Waals surface area (Å²) >= 11 is 12.2. The van der Waals surface area contributed by atoms with Crippen LogP contribution in [-0.2, 0) is 0 Å². The van der Waals surface area contributed by atoms with Gasteiger partial charge in [-0.25, -0.2) is 4.98 Å². The van der Waals surface area contributed by atoms with E-state index in [1.807, 2.05) is 30.3 Å². The number of carbonyl (C=O) groups is 1. The van der Waals surface area contributed by atoms with E-state index in [1.54, 1.807) is 36.4 Å². The second-order valence-electron chi connectivity index (χ2n) is 7.01. The van der Waals surface area contributed by atoms with Gasteiger partial charge in [-0.1, -0.05) is 47.5 Å². The average molecular weight is 451 g/mol. The molecule has 1 aromatic heterocycles. The normalized spacial score (nSPS) is 12.6. The third-order valence-corrected chi connectivity index (χ3v) is 5.72. The fourth-order valence-electron chi connectivity index (χ4n) is 3.49. The van der Waals surface area contributed by atoms with Crippen molar-refractivity contribution in [2.24, 2.45) is 0 Å². The molecule has 7 heteroatoms. The predicted molar refractivity (Wildman–Crippen MR) is 123 cm³/mol. The SMILES string of the molecule is O=C(Nc1ccc2c(c1)OCCO2)c1cc(-c2ccc(Cl)c(Cl)c2)nc2ccccc12. The van der Waals surface area contributed by atoms with E-state index in [1.165, 1.54) is 0 Å². The average Bonchev–Trinajstić information content (AvgIpc) is 2.80. The lowest BCUT2D eigenvalue weighted by Gasteiger charge is -2.19. The van der Waals surface area contributed by atoms with Crippen LogP contribution in [0.5, 0.6) is 11.5 Å². The van der Waals surface area contributed by atoms with Crippen molar-refractivity contribution < 1.29 is 14.3 Å². The monoisotopic (exact) mass is 450 g/mol. The van der Waals surface area contributed by atoms with Crippen LogP contribution in [0.2, 0.25) is 10.0 Å². The first-order chi connectivity index (χ1) is 15.1. The van der Waals surface area contributed by atoms with Gasteiger partial charge in [-0.2, -0.15) is 0 Å². The highest BCUT2D eigenvalue weighted by Crippen LogP contribution is 2.34. The molecule has 0 saturated heterocycles. The number of ether oxygens (including phenoxy) is 2. The second-order valence-corrected chi connectivity index (χ2v) is 7.83. The van der Waals surface area contributed by atoms with Gasteiger partial charge in [-0.05, 0) is 36.4 Å². The minimum atomic E-state index is -0.253. The van der Waals surface area contributed by atoms with Crippen molar-refractivity contribution in [3.05, 3.63) is 82.3 Å². The first-order valence-corrected chi connectivity index (χ1v) is 10.4. The molecule has 1 amide bonds. The quantitative estimate of drug-likeness (QED) is 0.401. The van der Waals surface area contributed by atoms with E-state index in [0.717, 1.165) is 10.9 Å². The molecule has 0 aliphatic carbocycles. The molecule has 1 aliphatic heterocycles. The highest BCUT2D eigenvalue weighted by atomic mass is 35.5. The summed E-state index contributed by atoms with van der Waals surface area (Å²) < 4.78 is 11.2. The smallest absolute Gasteiger partial charge is 0.256 e. The minimum absolute atomic E-state index is 0.253. The third-order valence-electron chi connectivity index (χ3n) is 4.98. The van der Waals surface area contributed by atoms with Crippen LogP contribution in [0, 0.1) is 0 Å². The molecule has 154 valence electrons. The summed E-state index contributed by atoms with van der Waals surface area (Å²) in [7, 11) is 0. The summed E-state index contributed by atoms with van der Waals surface area (Å²) in [4.78, 5) is 17.9. The summed E-state index contributed by atoms with van der Waals surface area (Å²) in [6, 6.07) is 19.9. The number of hydrogen-bond donors (Lipinski definition) is 1. The molecule has 0 atom stereocenters. The van der Waals surface area contributed by atoms with Crippen LogP contribution >= 0.6 is 23.2 Å². The first-order valence-electron chi connectivity index (χ1n) is 9.65. The van der Waals surface area contributed by atoms with E-state index >= 15 is 0 Å². The highest BCUT2D eigenvalue weighted by molar-refractivity contribution is 6.42. The van der Waals surface area contributed by atoms with Crippen LogP contribution in [0.4, 0.5) is 5.69 Å². The van der Waals surface area contributed by atoms with Gasteiger partial charge in [0.05, 0.1) is 26.8 Å². The highest BCUT2D eigenvalue weighted by Gasteiger charge is 2.17. The Labute approximate surface area is 188 Å². The van der Waals surface area contributed by atoms with Crippen LogP contribution in [0.3, 0.4) is 0 Å². The molecule has 5 nitrogen and oxygen atoms in total. The first kappa shape index (κ1) is 19.7. The van der Waals surface area contributed by atoms with Crippen molar-refractivity contribution in [2.75, 3.05) is 18.5 Å². The number of amides is 1. The Morgan fingerprint density at radius 3 is 2.52 bits per heavy atom. The fraction of sp³-hybridized carbons (Fsp3) is 0.0833. The van der Waals surface area contributed by atoms with Gasteiger partial charge in [0.1, 0.15) is 13.2 Å². The van der Waals surface area contributed by atoms with Crippen molar-refractivity contribution in [2.45, 2.75) is 0 Å². The van der Waals surface area contributed by atoms with Crippen molar-refractivity contribution in [1.82, 2.24) is 4.98 Å². The Morgan fingerprint density at radius 1 is 0.871 bits per heavy atom. The van der Waals surface area contributed by atoms with Crippen molar-refractivity contribution in [3.63, 3.8) is 0 Å². The number of pyridine rings is 1. The molecule has 31 heavy (non-hydrogen) atoms. The number of carbonyl (C=O) groups excluding carboxylic acids is 1. The number of benzene rings is 3. The Hall–Kier alpha value is -3.28. The molecule has 0 bridgehead atoms. The number of fused-ring (bicyclic) bond motifs is 2.